The molecule has 0 aliphatic carbocycles. The summed E-state index contributed by atoms with van der Waals surface area (Å²) in [6, 6.07) is 0. The van der Waals surface area contributed by atoms with E-state index in [0.29, 0.717) is 19.6 Å². The van der Waals surface area contributed by atoms with Gasteiger partial charge in [-0.05, 0) is 13.8 Å². The van der Waals surface area contributed by atoms with Crippen LogP contribution in [0.25, 0.3) is 0 Å². The quantitative estimate of drug-likeness (QED) is 0.644. The molecule has 0 radical (unpaired) electrons. The van der Waals surface area contributed by atoms with Gasteiger partial charge in [-0.1, -0.05) is 6.08 Å². The summed E-state index contributed by atoms with van der Waals surface area (Å²) in [5.41, 5.74) is 0. The molecule has 90 valence electrons. The highest BCUT2D eigenvalue weighted by molar-refractivity contribution is 7.92. The van der Waals surface area contributed by atoms with E-state index >= 15 is 0 Å². The zero-order valence-corrected chi connectivity index (χ0v) is 10.5. The number of hydrogen-bond donors (Lipinski definition) is 1. The Labute approximate surface area is 92.5 Å². The fourth-order valence-electron chi connectivity index (χ4n) is 1.21. The Morgan fingerprint density at radius 2 is 2.00 bits per heavy atom. The van der Waals surface area contributed by atoms with Crippen LogP contribution < -0.4 is 0 Å². The van der Waals surface area contributed by atoms with E-state index in [-0.39, 0.29) is 6.61 Å². The van der Waals surface area contributed by atoms with E-state index < -0.39 is 14.6 Å². The molecule has 0 amide bonds. The van der Waals surface area contributed by atoms with Crippen molar-refractivity contribution in [2.45, 2.75) is 18.6 Å². The molecule has 4 nitrogen and oxygen atoms in total. The van der Waals surface area contributed by atoms with Crippen LogP contribution in [0.2, 0.25) is 0 Å². The predicted molar refractivity (Wildman–Crippen MR) is 62.6 cm³/mol. The molecular formula is C10H21NO3S. The highest BCUT2D eigenvalue weighted by atomic mass is 32.2. The first kappa shape index (κ1) is 14.6. The van der Waals surface area contributed by atoms with Gasteiger partial charge in [0.2, 0.25) is 0 Å². The molecule has 0 spiro atoms. The maximum absolute atomic E-state index is 11.5. The topological polar surface area (TPSA) is 57.6 Å². The molecule has 0 aromatic rings. The lowest BCUT2D eigenvalue weighted by Crippen LogP contribution is -2.45. The van der Waals surface area contributed by atoms with Crippen LogP contribution in [-0.4, -0.2) is 55.7 Å². The minimum Gasteiger partial charge on any atom is -0.395 e. The van der Waals surface area contributed by atoms with E-state index in [4.69, 9.17) is 5.11 Å². The molecule has 1 N–H and O–H groups in total. The third-order valence-electron chi connectivity index (χ3n) is 2.41. The third kappa shape index (κ3) is 4.77. The summed E-state index contributed by atoms with van der Waals surface area (Å²) in [5.74, 6) is 0. The van der Waals surface area contributed by atoms with Crippen molar-refractivity contribution < 1.29 is 13.5 Å². The molecular weight excluding hydrogens is 214 g/mol. The van der Waals surface area contributed by atoms with E-state index in [1.54, 1.807) is 19.9 Å². The molecule has 0 aliphatic rings. The molecule has 15 heavy (non-hydrogen) atoms. The standard InChI is InChI=1S/C10H21NO3S/c1-5-6-11(7-8-12)9-10(2,3)15(4,13)14/h5,12H,1,6-9H2,2-4H3. The predicted octanol–water partition coefficient (Wildman–Crippen LogP) is 0.290. The first-order chi connectivity index (χ1) is 6.74. The second-order valence-corrected chi connectivity index (χ2v) is 6.93. The van der Waals surface area contributed by atoms with Crippen LogP contribution in [0.1, 0.15) is 13.8 Å². The molecule has 0 aromatic carbocycles. The highest BCUT2D eigenvalue weighted by Gasteiger charge is 2.31. The van der Waals surface area contributed by atoms with Gasteiger partial charge in [-0.25, -0.2) is 8.42 Å². The van der Waals surface area contributed by atoms with Gasteiger partial charge in [0.1, 0.15) is 0 Å². The molecule has 0 heterocycles. The van der Waals surface area contributed by atoms with E-state index in [2.05, 4.69) is 6.58 Å². The fraction of sp³-hybridized carbons (Fsp3) is 0.800. The third-order valence-corrected chi connectivity index (χ3v) is 4.55. The van der Waals surface area contributed by atoms with Crippen LogP contribution in [0.15, 0.2) is 12.7 Å². The average molecular weight is 235 g/mol. The van der Waals surface area contributed by atoms with Gasteiger partial charge in [0.05, 0.1) is 11.4 Å². The zero-order chi connectivity index (χ0) is 12.1. The molecule has 0 atom stereocenters. The summed E-state index contributed by atoms with van der Waals surface area (Å²) in [5, 5.41) is 8.84. The Kier molecular flexibility index (Phi) is 5.48. The molecule has 0 bridgehead atoms. The van der Waals surface area contributed by atoms with Crippen molar-refractivity contribution in [2.75, 3.05) is 32.5 Å². The van der Waals surface area contributed by atoms with Crippen molar-refractivity contribution in [1.29, 1.82) is 0 Å². The summed E-state index contributed by atoms with van der Waals surface area (Å²) in [6.45, 7) is 8.45. The second kappa shape index (κ2) is 5.63. The summed E-state index contributed by atoms with van der Waals surface area (Å²) in [6.07, 6.45) is 2.94. The lowest BCUT2D eigenvalue weighted by Gasteiger charge is -2.30. The SMILES string of the molecule is C=CCN(CCO)CC(C)(C)S(C)(=O)=O. The van der Waals surface area contributed by atoms with E-state index in [9.17, 15) is 8.42 Å². The summed E-state index contributed by atoms with van der Waals surface area (Å²) < 4.78 is 22.2. The smallest absolute Gasteiger partial charge is 0.153 e. The van der Waals surface area contributed by atoms with Crippen LogP contribution in [-0.2, 0) is 9.84 Å². The minimum atomic E-state index is -3.09. The molecule has 0 fully saturated rings. The maximum Gasteiger partial charge on any atom is 0.153 e. The van der Waals surface area contributed by atoms with Crippen LogP contribution >= 0.6 is 0 Å². The zero-order valence-electron chi connectivity index (χ0n) is 9.73. The number of aliphatic hydroxyl groups is 1. The number of aliphatic hydroxyl groups excluding tert-OH is 1. The molecule has 0 aromatic heterocycles. The van der Waals surface area contributed by atoms with Gasteiger partial charge in [0, 0.05) is 25.9 Å². The number of sulfone groups is 1. The normalized spacial score (nSPS) is 13.1. The Hall–Kier alpha value is -0.390. The van der Waals surface area contributed by atoms with Crippen molar-refractivity contribution in [3.05, 3.63) is 12.7 Å². The molecule has 0 saturated carbocycles. The molecule has 5 heteroatoms. The van der Waals surface area contributed by atoms with Crippen molar-refractivity contribution in [3.63, 3.8) is 0 Å². The first-order valence-electron chi connectivity index (χ1n) is 4.88. The second-order valence-electron chi connectivity index (χ2n) is 4.28. The fourth-order valence-corrected chi connectivity index (χ4v) is 1.63. The van der Waals surface area contributed by atoms with Crippen LogP contribution in [0, 0.1) is 0 Å². The van der Waals surface area contributed by atoms with Crippen LogP contribution in [0.4, 0.5) is 0 Å². The Bertz CT molecular complexity index is 296. The highest BCUT2D eigenvalue weighted by Crippen LogP contribution is 2.16. The maximum atomic E-state index is 11.5. The van der Waals surface area contributed by atoms with Crippen LogP contribution in [0.3, 0.4) is 0 Å². The van der Waals surface area contributed by atoms with Gasteiger partial charge in [-0.15, -0.1) is 6.58 Å². The minimum absolute atomic E-state index is 0.0215. The number of rotatable bonds is 7. The summed E-state index contributed by atoms with van der Waals surface area (Å²) in [7, 11) is -3.09. The Morgan fingerprint density at radius 1 is 1.47 bits per heavy atom. The van der Waals surface area contributed by atoms with Gasteiger partial charge in [0.25, 0.3) is 0 Å². The summed E-state index contributed by atoms with van der Waals surface area (Å²) in [4.78, 5) is 1.87. The van der Waals surface area contributed by atoms with Crippen molar-refractivity contribution in [2.24, 2.45) is 0 Å². The van der Waals surface area contributed by atoms with E-state index in [0.717, 1.165) is 0 Å². The molecule has 0 saturated heterocycles. The van der Waals surface area contributed by atoms with E-state index in [1.165, 1.54) is 6.26 Å². The van der Waals surface area contributed by atoms with Crippen LogP contribution in [0.5, 0.6) is 0 Å². The summed E-state index contributed by atoms with van der Waals surface area (Å²) >= 11 is 0. The number of hydrogen-bond acceptors (Lipinski definition) is 4. The first-order valence-corrected chi connectivity index (χ1v) is 6.77. The molecule has 0 aliphatic heterocycles. The largest absolute Gasteiger partial charge is 0.395 e. The van der Waals surface area contributed by atoms with Crippen molar-refractivity contribution in [3.8, 4) is 0 Å². The van der Waals surface area contributed by atoms with Gasteiger partial charge in [-0.3, -0.25) is 4.90 Å². The molecule has 0 rings (SSSR count). The van der Waals surface area contributed by atoms with Gasteiger partial charge in [0.15, 0.2) is 9.84 Å². The van der Waals surface area contributed by atoms with Crippen molar-refractivity contribution in [1.82, 2.24) is 4.90 Å². The van der Waals surface area contributed by atoms with Gasteiger partial charge < -0.3 is 5.11 Å². The average Bonchev–Trinajstić information content (AvgIpc) is 2.02. The lowest BCUT2D eigenvalue weighted by atomic mass is 10.2. The monoisotopic (exact) mass is 235 g/mol. The lowest BCUT2D eigenvalue weighted by molar-refractivity contribution is 0.198. The molecule has 0 unspecified atom stereocenters. The van der Waals surface area contributed by atoms with Gasteiger partial charge >= 0.3 is 0 Å². The number of nitrogens with zero attached hydrogens (tertiary/aromatic N) is 1. The van der Waals surface area contributed by atoms with Gasteiger partial charge in [-0.2, -0.15) is 0 Å². The Balaban J connectivity index is 4.58. The van der Waals surface area contributed by atoms with Crippen molar-refractivity contribution >= 4 is 9.84 Å². The van der Waals surface area contributed by atoms with E-state index in [1.807, 2.05) is 4.90 Å². The Morgan fingerprint density at radius 3 is 2.33 bits per heavy atom.